The fourth-order valence-electron chi connectivity index (χ4n) is 13.0. The van der Waals surface area contributed by atoms with Gasteiger partial charge in [-0.1, -0.05) is 203 Å². The summed E-state index contributed by atoms with van der Waals surface area (Å²) in [6, 6.07) is 17.2. The maximum absolute atomic E-state index is 5.77. The van der Waals surface area contributed by atoms with Crippen molar-refractivity contribution in [2.24, 2.45) is 4.99 Å². The second-order valence-electron chi connectivity index (χ2n) is 23.8. The topological polar surface area (TPSA) is 144 Å². The molecule has 12 nitrogen and oxygen atoms in total. The van der Waals surface area contributed by atoms with Crippen LogP contribution < -0.4 is 30.6 Å². The summed E-state index contributed by atoms with van der Waals surface area (Å²) < 4.78 is 4.14. The molecular weight excluding hydrogens is 1190 g/mol. The Labute approximate surface area is 545 Å². The normalized spacial score (nSPS) is 17.2. The molecule has 7 aromatic rings. The van der Waals surface area contributed by atoms with Crippen molar-refractivity contribution >= 4 is 74.5 Å². The minimum Gasteiger partial charge on any atom is -0.674 e. The number of nitrogens with zero attached hydrogens (tertiary/aromatic N) is 12. The molecule has 0 fully saturated rings. The monoisotopic (exact) mass is 1270 g/mol. The van der Waals surface area contributed by atoms with Gasteiger partial charge in [0.15, 0.2) is 0 Å². The fourth-order valence-corrected chi connectivity index (χ4v) is 13.0. The van der Waals surface area contributed by atoms with Gasteiger partial charge in [-0.15, -0.1) is 49.8 Å². The third-order valence-corrected chi connectivity index (χ3v) is 17.6. The first-order valence-electron chi connectivity index (χ1n) is 32.7. The van der Waals surface area contributed by atoms with Gasteiger partial charge >= 0.3 is 19.5 Å². The van der Waals surface area contributed by atoms with Crippen LogP contribution >= 0.6 is 0 Å². The number of hydrogen-bond donors (Lipinski definition) is 0. The van der Waals surface area contributed by atoms with Gasteiger partial charge in [0.05, 0.1) is 52.5 Å². The van der Waals surface area contributed by atoms with Gasteiger partial charge in [0, 0.05) is 44.3 Å². The van der Waals surface area contributed by atoms with Crippen LogP contribution in [0, 0.1) is 0 Å². The van der Waals surface area contributed by atoms with Crippen molar-refractivity contribution in [3.8, 4) is 5.69 Å². The largest absolute Gasteiger partial charge is 2.00 e. The second kappa shape index (κ2) is 31.0. The van der Waals surface area contributed by atoms with E-state index in [1.165, 1.54) is 77.0 Å². The average molecular weight is 1270 g/mol. The standard InChI is InChI=1S/C74H83N12.2Zn/c1-5-9-13-17-21-25-51-55-29-37-63(77-55)71(64-38-30-56(78-64)52(26-22-18-14-10-6-2)60-34-42-68(82-60)73(85-47-45-75-49-85)67-41-33-59(51)81-67)72-65-39-31-57(79-65)53(27-23-19-15-11-7-3)61-35-43-69(83-61)74(86-48-46-76-50-86)70-44-36-62(84-70)54(28-24-20-16-12-8-4)58-32-40-66(72)80-58;;/h29-50,67H,5-28H2,1-4H3;;/q-5;;+2/b57-53?,58-54?,59-51-,60-52?,61-53?,62-54?,71-64+,72-65?,72-66?,73-68-,74-69?,74-70?;;. The van der Waals surface area contributed by atoms with E-state index in [1.807, 2.05) is 37.4 Å². The molecule has 12 rings (SSSR count). The molecule has 88 heavy (non-hydrogen) atoms. The van der Waals surface area contributed by atoms with Crippen LogP contribution in [0.3, 0.4) is 0 Å². The van der Waals surface area contributed by atoms with E-state index in [0.29, 0.717) is 0 Å². The molecule has 1 unspecified atom stereocenters. The molecule has 0 aromatic carbocycles. The smallest absolute Gasteiger partial charge is 0.674 e. The Morgan fingerprint density at radius 3 is 1.62 bits per heavy atom. The predicted molar refractivity (Wildman–Crippen MR) is 355 cm³/mol. The minimum absolute atomic E-state index is 0. The van der Waals surface area contributed by atoms with E-state index in [4.69, 9.17) is 40.2 Å². The van der Waals surface area contributed by atoms with E-state index in [9.17, 15) is 0 Å². The summed E-state index contributed by atoms with van der Waals surface area (Å²) in [5.74, 6) is 0. The van der Waals surface area contributed by atoms with Crippen LogP contribution in [-0.4, -0.2) is 40.8 Å². The molecule has 0 amide bonds. The first kappa shape index (κ1) is 64.0. The Kier molecular flexibility index (Phi) is 22.5. The molecule has 1 atom stereocenters. The molecule has 446 valence electrons. The van der Waals surface area contributed by atoms with E-state index >= 15 is 0 Å². The van der Waals surface area contributed by atoms with E-state index in [1.54, 1.807) is 0 Å². The first-order chi connectivity index (χ1) is 42.5. The van der Waals surface area contributed by atoms with Gasteiger partial charge in [0.2, 0.25) is 0 Å². The zero-order valence-corrected chi connectivity index (χ0v) is 58.5. The maximum atomic E-state index is 5.77. The number of aliphatic imine (C=N–C) groups is 1. The predicted octanol–water partition coefficient (Wildman–Crippen LogP) is 16.3. The third kappa shape index (κ3) is 14.4. The quantitative estimate of drug-likeness (QED) is 0.0366. The number of allylic oxidation sites excluding steroid dienone is 4. The summed E-state index contributed by atoms with van der Waals surface area (Å²) in [4.78, 5) is 48.6. The van der Waals surface area contributed by atoms with Crippen molar-refractivity contribution in [2.45, 2.75) is 188 Å². The molecule has 12 heterocycles. The fraction of sp³-hybridized carbons (Fsp3) is 0.392. The number of unbranched alkanes of at least 4 members (excludes halogenated alkanes) is 16. The van der Waals surface area contributed by atoms with Gasteiger partial charge in [-0.25, -0.2) is 24.9 Å². The van der Waals surface area contributed by atoms with Gasteiger partial charge in [0.1, 0.15) is 0 Å². The third-order valence-electron chi connectivity index (χ3n) is 17.6. The molecule has 14 heteroatoms. The maximum Gasteiger partial charge on any atom is 2.00 e. The van der Waals surface area contributed by atoms with E-state index in [2.05, 4.69) is 144 Å². The zero-order valence-electron chi connectivity index (χ0n) is 52.5. The number of fused-ring (bicyclic) bond motifs is 15. The molecule has 0 saturated carbocycles. The average Bonchev–Trinajstić information content (AvgIpc) is 1.85. The number of aryl methyl sites for hydroxylation is 2. The van der Waals surface area contributed by atoms with Gasteiger partial charge in [-0.05, 0) is 121 Å². The van der Waals surface area contributed by atoms with Crippen molar-refractivity contribution in [3.05, 3.63) is 189 Å². The molecule has 0 spiro atoms. The first-order valence-corrected chi connectivity index (χ1v) is 32.7. The summed E-state index contributed by atoms with van der Waals surface area (Å²) >= 11 is 0. The molecule has 5 aliphatic heterocycles. The van der Waals surface area contributed by atoms with Crippen molar-refractivity contribution in [1.82, 2.24) is 49.0 Å². The Morgan fingerprint density at radius 2 is 0.989 bits per heavy atom. The van der Waals surface area contributed by atoms with Crippen LogP contribution in [0.4, 0.5) is 0 Å². The van der Waals surface area contributed by atoms with Crippen molar-refractivity contribution in [3.63, 3.8) is 0 Å². The van der Waals surface area contributed by atoms with Crippen molar-refractivity contribution < 1.29 is 39.0 Å². The SMILES string of the molecule is CCCCCCCC1=c2cc/c([n-]2)=C(/n2ccnc2)C2C=C/C(=C(\CCCCCCC)c3ccc([n-]3)/C(c3c4nc(c(CCCCCCC)c5ccc([n-]5)c(-n5ccnc5)c5nc(c(CCCCCCC)c6ccc3[n-]6)C=C5)C=C4)=C3/C=CC1=N3)[N-]2.[Zn+2].[Zn]. The van der Waals surface area contributed by atoms with E-state index in [-0.39, 0.29) is 45.0 Å². The Morgan fingerprint density at radius 1 is 0.455 bits per heavy atom. The van der Waals surface area contributed by atoms with Gasteiger partial charge in [0.25, 0.3) is 0 Å². The number of aromatic nitrogens is 10. The van der Waals surface area contributed by atoms with Crippen LogP contribution in [0.15, 0.2) is 127 Å². The minimum atomic E-state index is -0.273. The summed E-state index contributed by atoms with van der Waals surface area (Å²) in [6.45, 7) is 9.10. The van der Waals surface area contributed by atoms with E-state index in [0.717, 1.165) is 206 Å². The molecule has 7 aromatic heterocycles. The molecular formula is C74H83N12Zn2-3. The molecule has 0 saturated heterocycles. The summed E-state index contributed by atoms with van der Waals surface area (Å²) in [5, 5.41) is 7.40. The Bertz CT molecular complexity index is 4040. The van der Waals surface area contributed by atoms with Gasteiger partial charge in [-0.3, -0.25) is 0 Å². The zero-order chi connectivity index (χ0) is 58.6. The summed E-state index contributed by atoms with van der Waals surface area (Å²) in [6.07, 6.45) is 55.5. The van der Waals surface area contributed by atoms with Gasteiger partial charge in [-0.2, -0.15) is 0 Å². The number of rotatable bonds is 27. The van der Waals surface area contributed by atoms with Crippen molar-refractivity contribution in [1.29, 1.82) is 0 Å². The molecule has 5 aliphatic rings. The van der Waals surface area contributed by atoms with Crippen LogP contribution in [0.1, 0.15) is 220 Å². The molecule has 16 bridgehead atoms. The summed E-state index contributed by atoms with van der Waals surface area (Å²) in [5.41, 5.74) is 19.7. The summed E-state index contributed by atoms with van der Waals surface area (Å²) in [7, 11) is 0. The van der Waals surface area contributed by atoms with Crippen LogP contribution in [0.2, 0.25) is 0 Å². The number of hydrogen-bond acceptors (Lipinski definition) is 5. The van der Waals surface area contributed by atoms with Crippen LogP contribution in [0.5, 0.6) is 0 Å². The van der Waals surface area contributed by atoms with Crippen LogP contribution in [0.25, 0.3) is 79.8 Å². The molecule has 0 aliphatic carbocycles. The van der Waals surface area contributed by atoms with Gasteiger partial charge < -0.3 is 34.4 Å². The molecule has 0 radical (unpaired) electrons. The second-order valence-corrected chi connectivity index (χ2v) is 23.8. The van der Waals surface area contributed by atoms with Crippen molar-refractivity contribution in [2.75, 3.05) is 0 Å². The Hall–Kier alpha value is -7.00. The number of imidazole rings is 2. The van der Waals surface area contributed by atoms with Crippen LogP contribution in [-0.2, 0) is 51.8 Å². The Balaban J connectivity index is 0.00000428. The molecule has 0 N–H and O–H groups in total. The van der Waals surface area contributed by atoms with E-state index < -0.39 is 0 Å².